The summed E-state index contributed by atoms with van der Waals surface area (Å²) in [4.78, 5) is 13.0. The molecule has 2 aliphatic heterocycles. The molecule has 2 rings (SSSR count). The molecule has 7 N–H and O–H groups in total. The van der Waals surface area contributed by atoms with Gasteiger partial charge in [-0.25, -0.2) is 0 Å². The summed E-state index contributed by atoms with van der Waals surface area (Å²) in [6.07, 6.45) is 31.7. The topological polar surface area (TPSA) is 214 Å². The van der Waals surface area contributed by atoms with E-state index in [-0.39, 0.29) is 19.6 Å². The number of carbonyl (C=O) groups is 1. The Balaban J connectivity index is 1.75. The van der Waals surface area contributed by atoms with Crippen molar-refractivity contribution in [2.24, 2.45) is 0 Å². The average molecular weight is 969 g/mol. The van der Waals surface area contributed by atoms with Crippen LogP contribution >= 0.6 is 0 Å². The molecule has 0 aromatic carbocycles. The van der Waals surface area contributed by atoms with E-state index in [0.29, 0.717) is 13.0 Å². The van der Waals surface area contributed by atoms with Crippen molar-refractivity contribution in [1.82, 2.24) is 0 Å². The van der Waals surface area contributed by atoms with E-state index in [1.54, 1.807) is 0 Å². The van der Waals surface area contributed by atoms with Crippen LogP contribution in [-0.4, -0.2) is 142 Å². The Morgan fingerprint density at radius 2 is 0.926 bits per heavy atom. The fraction of sp³-hybridized carbons (Fsp3) is 0.833. The first-order chi connectivity index (χ1) is 33.1. The largest absolute Gasteiger partial charge is 0.457 e. The highest BCUT2D eigenvalue weighted by atomic mass is 16.7. The number of aliphatic hydroxyl groups is 7. The van der Waals surface area contributed by atoms with Gasteiger partial charge in [0.05, 0.1) is 26.4 Å². The number of hydrogen-bond acceptors (Lipinski definition) is 14. The van der Waals surface area contributed by atoms with E-state index in [2.05, 4.69) is 62.5 Å². The predicted molar refractivity (Wildman–Crippen MR) is 266 cm³/mol. The van der Waals surface area contributed by atoms with Crippen LogP contribution in [0.25, 0.3) is 0 Å². The summed E-state index contributed by atoms with van der Waals surface area (Å²) in [5.74, 6) is -0.392. The third-order valence-electron chi connectivity index (χ3n) is 12.6. The fourth-order valence-corrected chi connectivity index (χ4v) is 8.15. The van der Waals surface area contributed by atoms with E-state index in [4.69, 9.17) is 28.4 Å². The quantitative estimate of drug-likeness (QED) is 0.0174. The smallest absolute Gasteiger partial charge is 0.306 e. The lowest BCUT2D eigenvalue weighted by atomic mass is 9.98. The lowest BCUT2D eigenvalue weighted by molar-refractivity contribution is -0.332. The SMILES string of the molecule is CCCC/C=C\C/C=C\CCCCCCCC(=O)OC(COCCCCCCCCCCCC/C=C\C/C=C\CCCCC)COC1OC(COC2OC(CO)C(O)C(O)C2O)C(O)C(O)C1O. The second-order valence-corrected chi connectivity index (χ2v) is 18.7. The van der Waals surface area contributed by atoms with Crippen LogP contribution in [0.3, 0.4) is 0 Å². The summed E-state index contributed by atoms with van der Waals surface area (Å²) in [5.41, 5.74) is 0. The summed E-state index contributed by atoms with van der Waals surface area (Å²) in [6.45, 7) is 3.60. The van der Waals surface area contributed by atoms with Crippen molar-refractivity contribution in [1.29, 1.82) is 0 Å². The Morgan fingerprint density at radius 3 is 1.46 bits per heavy atom. The van der Waals surface area contributed by atoms with Gasteiger partial charge in [0, 0.05) is 13.0 Å². The van der Waals surface area contributed by atoms with Crippen molar-refractivity contribution in [2.45, 2.75) is 255 Å². The first kappa shape index (κ1) is 62.1. The van der Waals surface area contributed by atoms with Gasteiger partial charge in [0.1, 0.15) is 54.9 Å². The van der Waals surface area contributed by atoms with Crippen LogP contribution in [0.15, 0.2) is 48.6 Å². The first-order valence-electron chi connectivity index (χ1n) is 26.7. The molecular formula is C54H96O14. The van der Waals surface area contributed by atoms with Gasteiger partial charge in [0.2, 0.25) is 0 Å². The normalized spacial score (nSPS) is 26.2. The summed E-state index contributed by atoms with van der Waals surface area (Å²) in [5, 5.41) is 72.2. The monoisotopic (exact) mass is 969 g/mol. The highest BCUT2D eigenvalue weighted by Crippen LogP contribution is 2.26. The van der Waals surface area contributed by atoms with Crippen molar-refractivity contribution in [3.63, 3.8) is 0 Å². The molecule has 2 aliphatic rings. The molecule has 11 unspecified atom stereocenters. The summed E-state index contributed by atoms with van der Waals surface area (Å²) >= 11 is 0. The molecule has 0 spiro atoms. The Hall–Kier alpha value is -2.05. The fourth-order valence-electron chi connectivity index (χ4n) is 8.15. The van der Waals surface area contributed by atoms with E-state index in [1.165, 1.54) is 89.9 Å². The molecule has 0 aliphatic carbocycles. The van der Waals surface area contributed by atoms with Gasteiger partial charge in [0.25, 0.3) is 0 Å². The van der Waals surface area contributed by atoms with Gasteiger partial charge in [-0.2, -0.15) is 0 Å². The average Bonchev–Trinajstić information content (AvgIpc) is 3.33. The molecule has 0 aromatic rings. The molecule has 68 heavy (non-hydrogen) atoms. The van der Waals surface area contributed by atoms with E-state index in [0.717, 1.165) is 70.6 Å². The van der Waals surface area contributed by atoms with Crippen LogP contribution < -0.4 is 0 Å². The van der Waals surface area contributed by atoms with Gasteiger partial charge < -0.3 is 64.2 Å². The number of unbranched alkanes of at least 4 members (excludes halogenated alkanes) is 20. The van der Waals surface area contributed by atoms with Crippen LogP contribution in [0.2, 0.25) is 0 Å². The Bertz CT molecular complexity index is 1310. The molecule has 2 heterocycles. The van der Waals surface area contributed by atoms with Gasteiger partial charge in [0.15, 0.2) is 12.6 Å². The van der Waals surface area contributed by atoms with Gasteiger partial charge in [-0.05, 0) is 70.6 Å². The van der Waals surface area contributed by atoms with Gasteiger partial charge in [-0.15, -0.1) is 0 Å². The zero-order chi connectivity index (χ0) is 49.5. The number of hydrogen-bond donors (Lipinski definition) is 7. The molecule has 0 radical (unpaired) electrons. The van der Waals surface area contributed by atoms with Gasteiger partial charge >= 0.3 is 5.97 Å². The maximum absolute atomic E-state index is 13.0. The maximum atomic E-state index is 13.0. The zero-order valence-electron chi connectivity index (χ0n) is 42.1. The molecule has 396 valence electrons. The minimum absolute atomic E-state index is 0.0530. The highest BCUT2D eigenvalue weighted by molar-refractivity contribution is 5.69. The molecule has 0 saturated carbocycles. The second-order valence-electron chi connectivity index (χ2n) is 18.7. The summed E-state index contributed by atoms with van der Waals surface area (Å²) in [6, 6.07) is 0. The molecule has 2 saturated heterocycles. The number of allylic oxidation sites excluding steroid dienone is 8. The minimum atomic E-state index is -1.71. The summed E-state index contributed by atoms with van der Waals surface area (Å²) < 4.78 is 34.3. The first-order valence-corrected chi connectivity index (χ1v) is 26.7. The Kier molecular flexibility index (Phi) is 37.9. The lowest BCUT2D eigenvalue weighted by Gasteiger charge is -2.42. The number of rotatable bonds is 42. The Labute approximate surface area is 410 Å². The van der Waals surface area contributed by atoms with E-state index in [9.17, 15) is 40.5 Å². The highest BCUT2D eigenvalue weighted by Gasteiger charge is 2.47. The molecule has 0 amide bonds. The van der Waals surface area contributed by atoms with E-state index in [1.807, 2.05) is 0 Å². The molecule has 14 heteroatoms. The maximum Gasteiger partial charge on any atom is 0.306 e. The number of ether oxygens (including phenoxy) is 6. The predicted octanol–water partition coefficient (Wildman–Crippen LogP) is 8.35. The van der Waals surface area contributed by atoms with Crippen molar-refractivity contribution in [3.8, 4) is 0 Å². The molecular weight excluding hydrogens is 873 g/mol. The number of esters is 1. The van der Waals surface area contributed by atoms with E-state index >= 15 is 0 Å². The van der Waals surface area contributed by atoms with Crippen LogP contribution in [0.4, 0.5) is 0 Å². The third kappa shape index (κ3) is 28.7. The van der Waals surface area contributed by atoms with Crippen LogP contribution in [0.5, 0.6) is 0 Å². The molecule has 14 nitrogen and oxygen atoms in total. The second kappa shape index (κ2) is 41.6. The van der Waals surface area contributed by atoms with Crippen molar-refractivity contribution in [3.05, 3.63) is 48.6 Å². The molecule has 0 aromatic heterocycles. The van der Waals surface area contributed by atoms with Crippen LogP contribution in [-0.2, 0) is 33.2 Å². The number of aliphatic hydroxyl groups excluding tert-OH is 7. The lowest BCUT2D eigenvalue weighted by Crippen LogP contribution is -2.61. The van der Waals surface area contributed by atoms with Crippen LogP contribution in [0.1, 0.15) is 187 Å². The Morgan fingerprint density at radius 1 is 0.485 bits per heavy atom. The standard InChI is InChI=1S/C54H96O14/c1-3-5-7-9-11-13-15-17-19-20-21-22-23-24-26-28-30-32-34-36-38-63-40-43(66-46(56)37-35-33-31-29-27-25-18-16-14-12-10-8-6-4-2)41-64-53-52(62)50(60)48(58)45(68-53)42-65-54-51(61)49(59)47(57)44(39-55)67-54/h10-13,16-19,43-45,47-55,57-62H,3-9,14-15,20-42H2,1-2H3/b12-10-,13-11-,18-16-,19-17-. The van der Waals surface area contributed by atoms with E-state index < -0.39 is 86.7 Å². The third-order valence-corrected chi connectivity index (χ3v) is 12.6. The zero-order valence-corrected chi connectivity index (χ0v) is 42.1. The van der Waals surface area contributed by atoms with Gasteiger partial charge in [-0.3, -0.25) is 4.79 Å². The molecule has 11 atom stereocenters. The van der Waals surface area contributed by atoms with Crippen LogP contribution in [0, 0.1) is 0 Å². The molecule has 0 bridgehead atoms. The minimum Gasteiger partial charge on any atom is -0.457 e. The number of carbonyl (C=O) groups excluding carboxylic acids is 1. The van der Waals surface area contributed by atoms with Crippen molar-refractivity contribution in [2.75, 3.05) is 33.0 Å². The summed E-state index contributed by atoms with van der Waals surface area (Å²) in [7, 11) is 0. The van der Waals surface area contributed by atoms with Crippen molar-refractivity contribution >= 4 is 5.97 Å². The molecule has 2 fully saturated rings. The van der Waals surface area contributed by atoms with Gasteiger partial charge in [-0.1, -0.05) is 159 Å². The van der Waals surface area contributed by atoms with Crippen molar-refractivity contribution < 1.29 is 69.0 Å².